The molecule has 0 radical (unpaired) electrons. The van der Waals surface area contributed by atoms with Crippen LogP contribution in [0.15, 0.2) is 122 Å². The van der Waals surface area contributed by atoms with Gasteiger partial charge in [0, 0.05) is 12.8 Å². The van der Waals surface area contributed by atoms with E-state index < -0.39 is 24.3 Å². The molecule has 0 amide bonds. The summed E-state index contributed by atoms with van der Waals surface area (Å²) in [6.07, 6.45) is 78.4. The monoisotopic (exact) mass is 1070 g/mol. The zero-order valence-electron chi connectivity index (χ0n) is 49.8. The van der Waals surface area contributed by atoms with Gasteiger partial charge in [0.2, 0.25) is 0 Å². The van der Waals surface area contributed by atoms with Crippen LogP contribution in [0, 0.1) is 0 Å². The molecule has 9 nitrogen and oxygen atoms in total. The highest BCUT2D eigenvalue weighted by Crippen LogP contribution is 2.16. The first-order valence-corrected chi connectivity index (χ1v) is 30.7. The van der Waals surface area contributed by atoms with E-state index in [0.717, 1.165) is 96.3 Å². The first-order chi connectivity index (χ1) is 37.6. The van der Waals surface area contributed by atoms with Gasteiger partial charge < -0.3 is 33.3 Å². The molecular formula is C68H113NO8. The van der Waals surface area contributed by atoms with Crippen LogP contribution >= 0.6 is 0 Å². The highest BCUT2D eigenvalue weighted by Gasteiger charge is 2.22. The Hall–Kier alpha value is -4.31. The van der Waals surface area contributed by atoms with Crippen LogP contribution in [0.2, 0.25) is 0 Å². The Balaban J connectivity index is 4.22. The Morgan fingerprint density at radius 2 is 0.701 bits per heavy atom. The number of ether oxygens (including phenoxy) is 4. The van der Waals surface area contributed by atoms with Crippen LogP contribution in [0.1, 0.15) is 232 Å². The highest BCUT2D eigenvalue weighted by molar-refractivity contribution is 5.70. The lowest BCUT2D eigenvalue weighted by Gasteiger charge is -2.26. The molecule has 0 spiro atoms. The Bertz CT molecular complexity index is 1670. The molecule has 0 aromatic carbocycles. The van der Waals surface area contributed by atoms with E-state index in [9.17, 15) is 19.5 Å². The lowest BCUT2D eigenvalue weighted by atomic mass is 10.0. The first kappa shape index (κ1) is 72.7. The van der Waals surface area contributed by atoms with Crippen molar-refractivity contribution in [3.8, 4) is 0 Å². The van der Waals surface area contributed by atoms with Crippen molar-refractivity contribution in [1.82, 2.24) is 0 Å². The van der Waals surface area contributed by atoms with Gasteiger partial charge in [-0.15, -0.1) is 0 Å². The topological polar surface area (TPSA) is 111 Å². The van der Waals surface area contributed by atoms with Crippen LogP contribution in [0.5, 0.6) is 0 Å². The van der Waals surface area contributed by atoms with Gasteiger partial charge in [-0.3, -0.25) is 9.59 Å². The molecule has 0 fully saturated rings. The number of allylic oxidation sites excluding steroid dienone is 20. The van der Waals surface area contributed by atoms with Crippen molar-refractivity contribution in [2.45, 2.75) is 245 Å². The number of hydrogen-bond acceptors (Lipinski definition) is 8. The number of unbranched alkanes of at least 4 members (excludes halogenated alkanes) is 20. The molecular weight excluding hydrogens is 959 g/mol. The summed E-state index contributed by atoms with van der Waals surface area (Å²) in [6, 6.07) is 0. The number of nitrogens with zero attached hydrogens (tertiary/aromatic N) is 1. The highest BCUT2D eigenvalue weighted by atomic mass is 16.7. The molecule has 438 valence electrons. The molecule has 0 aliphatic heterocycles. The number of hydrogen-bond donors (Lipinski definition) is 0. The summed E-state index contributed by atoms with van der Waals surface area (Å²) in [4.78, 5) is 37.3. The number of carboxylic acid groups (broad SMARTS) is 1. The maximum Gasteiger partial charge on any atom is 0.306 e. The molecule has 2 unspecified atom stereocenters. The Kier molecular flexibility index (Phi) is 54.6. The largest absolute Gasteiger partial charge is 0.545 e. The van der Waals surface area contributed by atoms with Crippen molar-refractivity contribution in [1.29, 1.82) is 0 Å². The molecule has 0 saturated carbocycles. The normalized spacial score (nSPS) is 13.6. The Morgan fingerprint density at radius 3 is 1.06 bits per heavy atom. The Morgan fingerprint density at radius 1 is 0.390 bits per heavy atom. The molecule has 0 bridgehead atoms. The molecule has 0 heterocycles. The van der Waals surface area contributed by atoms with E-state index in [4.69, 9.17) is 18.9 Å². The van der Waals surface area contributed by atoms with E-state index in [-0.39, 0.29) is 38.6 Å². The summed E-state index contributed by atoms with van der Waals surface area (Å²) in [5, 5.41) is 11.8. The van der Waals surface area contributed by atoms with Gasteiger partial charge in [0.05, 0.1) is 40.3 Å². The number of aliphatic carboxylic acids is 1. The lowest BCUT2D eigenvalue weighted by Crippen LogP contribution is -2.44. The van der Waals surface area contributed by atoms with Gasteiger partial charge in [0.1, 0.15) is 13.2 Å². The number of carbonyl (C=O) groups is 3. The maximum absolute atomic E-state index is 12.9. The Labute approximate surface area is 472 Å². The maximum atomic E-state index is 12.9. The second-order valence-corrected chi connectivity index (χ2v) is 21.2. The van der Waals surface area contributed by atoms with Crippen molar-refractivity contribution in [2.24, 2.45) is 0 Å². The smallest absolute Gasteiger partial charge is 0.306 e. The van der Waals surface area contributed by atoms with Crippen LogP contribution in [0.4, 0.5) is 0 Å². The molecule has 9 heteroatoms. The minimum absolute atomic E-state index is 0.134. The molecule has 77 heavy (non-hydrogen) atoms. The summed E-state index contributed by atoms with van der Waals surface area (Å²) in [5.74, 6) is -2.35. The predicted octanol–water partition coefficient (Wildman–Crippen LogP) is 17.1. The predicted molar refractivity (Wildman–Crippen MR) is 324 cm³/mol. The molecule has 0 aromatic heterocycles. The van der Waals surface area contributed by atoms with Crippen molar-refractivity contribution >= 4 is 17.9 Å². The van der Waals surface area contributed by atoms with Crippen molar-refractivity contribution in [2.75, 3.05) is 47.5 Å². The SMILES string of the molecule is CC/C=C\C/C=C\C/C=C\C/C=C\C/C=C\C/C=C\CCCCC(=O)OC(COC(=O)CCCCCCCCCCCCCCCCCCCC/C=C\C/C=C\C/C=C\C/C=C\CC)COC(OCC[N+](C)(C)C)C(=O)[O-]. The van der Waals surface area contributed by atoms with Crippen LogP contribution in [0.25, 0.3) is 0 Å². The van der Waals surface area contributed by atoms with Gasteiger partial charge in [-0.1, -0.05) is 238 Å². The van der Waals surface area contributed by atoms with Crippen molar-refractivity contribution in [3.63, 3.8) is 0 Å². The van der Waals surface area contributed by atoms with Gasteiger partial charge in [-0.2, -0.15) is 0 Å². The number of carboxylic acids is 1. The molecule has 0 aromatic rings. The number of rotatable bonds is 55. The second kappa shape index (κ2) is 57.9. The molecule has 0 aliphatic rings. The molecule has 2 atom stereocenters. The summed E-state index contributed by atoms with van der Waals surface area (Å²) in [6.45, 7) is 4.47. The fraction of sp³-hybridized carbons (Fsp3) is 0.662. The fourth-order valence-electron chi connectivity index (χ4n) is 8.06. The van der Waals surface area contributed by atoms with Crippen LogP contribution in [-0.4, -0.2) is 82.3 Å². The van der Waals surface area contributed by atoms with E-state index in [1.807, 2.05) is 21.1 Å². The number of quaternary nitrogens is 1. The average molecular weight is 1070 g/mol. The summed E-state index contributed by atoms with van der Waals surface area (Å²) in [5.41, 5.74) is 0. The third-order valence-electron chi connectivity index (χ3n) is 12.7. The van der Waals surface area contributed by atoms with Gasteiger partial charge in [-0.05, 0) is 103 Å². The molecule has 0 rings (SSSR count). The molecule has 0 N–H and O–H groups in total. The summed E-state index contributed by atoms with van der Waals surface area (Å²) >= 11 is 0. The zero-order valence-corrected chi connectivity index (χ0v) is 49.8. The van der Waals surface area contributed by atoms with Crippen LogP contribution in [0.3, 0.4) is 0 Å². The van der Waals surface area contributed by atoms with E-state index in [2.05, 4.69) is 135 Å². The molecule has 0 saturated heterocycles. The van der Waals surface area contributed by atoms with Crippen molar-refractivity contribution in [3.05, 3.63) is 122 Å². The minimum atomic E-state index is -1.64. The summed E-state index contributed by atoms with van der Waals surface area (Å²) < 4.78 is 22.7. The van der Waals surface area contributed by atoms with Gasteiger partial charge in [-0.25, -0.2) is 0 Å². The van der Waals surface area contributed by atoms with E-state index >= 15 is 0 Å². The average Bonchev–Trinajstić information content (AvgIpc) is 3.40. The molecule has 0 aliphatic carbocycles. The number of likely N-dealkylation sites (N-methyl/N-ethyl adjacent to an activating group) is 1. The van der Waals surface area contributed by atoms with Crippen LogP contribution in [-0.2, 0) is 33.3 Å². The first-order valence-electron chi connectivity index (χ1n) is 30.7. The number of esters is 2. The standard InChI is InChI=1S/C68H113NO8/c1-6-8-10-12-14-16-18-20-22-24-26-28-29-30-31-32-33-34-35-36-37-39-40-42-44-46-48-50-52-54-56-58-65(70)75-62-64(63-76-68(67(72)73)74-61-60-69(3,4)5)77-66(71)59-57-55-53-51-49-47-45-43-41-38-27-25-23-21-19-17-15-13-11-9-7-2/h8-11,14-17,20-23,26-28,38,43,45,49,51,64,68H,6-7,12-13,18-19,24-25,29-37,39-42,44,46-48,50,52-63H2,1-5H3/b10-8-,11-9-,16-14-,17-15-,22-20-,23-21-,28-26-,38-27-,45-43-,51-49-. The third-order valence-corrected chi connectivity index (χ3v) is 12.7. The van der Waals surface area contributed by atoms with Crippen LogP contribution < -0.4 is 5.11 Å². The van der Waals surface area contributed by atoms with E-state index in [0.29, 0.717) is 17.4 Å². The summed E-state index contributed by atoms with van der Waals surface area (Å²) in [7, 11) is 5.90. The van der Waals surface area contributed by atoms with Gasteiger partial charge in [0.25, 0.3) is 0 Å². The van der Waals surface area contributed by atoms with E-state index in [1.54, 1.807) is 0 Å². The second-order valence-electron chi connectivity index (χ2n) is 21.2. The zero-order chi connectivity index (χ0) is 56.2. The van der Waals surface area contributed by atoms with E-state index in [1.165, 1.54) is 103 Å². The van der Waals surface area contributed by atoms with Gasteiger partial charge in [0.15, 0.2) is 12.4 Å². The number of carbonyl (C=O) groups excluding carboxylic acids is 3. The minimum Gasteiger partial charge on any atom is -0.545 e. The lowest BCUT2D eigenvalue weighted by molar-refractivity contribution is -0.870. The van der Waals surface area contributed by atoms with Crippen molar-refractivity contribution < 1.29 is 42.9 Å². The quantitative estimate of drug-likeness (QED) is 0.0195. The fourth-order valence-corrected chi connectivity index (χ4v) is 8.06. The third kappa shape index (κ3) is 59.2. The van der Waals surface area contributed by atoms with Gasteiger partial charge >= 0.3 is 11.9 Å².